The van der Waals surface area contributed by atoms with Crippen molar-refractivity contribution < 1.29 is 34.0 Å². The van der Waals surface area contributed by atoms with Crippen LogP contribution in [-0.2, 0) is 0 Å². The van der Waals surface area contributed by atoms with Gasteiger partial charge in [-0.05, 0) is 45.7 Å². The molecule has 0 heterocycles. The molecule has 24 heavy (non-hydrogen) atoms. The number of hydrogen-bond donors (Lipinski definition) is 4. The van der Waals surface area contributed by atoms with Crippen molar-refractivity contribution in [1.29, 1.82) is 0 Å². The summed E-state index contributed by atoms with van der Waals surface area (Å²) in [6.07, 6.45) is 0. The monoisotopic (exact) mass is 346 g/mol. The molecule has 0 saturated heterocycles. The number of rotatable bonds is 6. The van der Waals surface area contributed by atoms with Crippen molar-refractivity contribution in [3.63, 3.8) is 0 Å². The van der Waals surface area contributed by atoms with Crippen LogP contribution in [0.3, 0.4) is 0 Å². The van der Waals surface area contributed by atoms with E-state index in [2.05, 4.69) is 0 Å². The van der Waals surface area contributed by atoms with E-state index in [1.165, 1.54) is 6.07 Å². The van der Waals surface area contributed by atoms with E-state index in [9.17, 15) is 9.50 Å². The summed E-state index contributed by atoms with van der Waals surface area (Å²) in [5, 5.41) is 31.5. The van der Waals surface area contributed by atoms with E-state index >= 15 is 0 Å². The lowest BCUT2D eigenvalue weighted by molar-refractivity contribution is -0.0907. The molecule has 138 valence electrons. The van der Waals surface area contributed by atoms with Crippen LogP contribution in [0.15, 0.2) is 18.2 Å². The van der Waals surface area contributed by atoms with Gasteiger partial charge in [-0.3, -0.25) is 0 Å². The van der Waals surface area contributed by atoms with Gasteiger partial charge in [-0.2, -0.15) is 0 Å². The summed E-state index contributed by atoms with van der Waals surface area (Å²) in [4.78, 5) is 0. The molecule has 4 N–H and O–H groups in total. The highest BCUT2D eigenvalue weighted by Crippen LogP contribution is 2.30. The Labute approximate surface area is 143 Å². The van der Waals surface area contributed by atoms with Gasteiger partial charge in [0, 0.05) is 6.07 Å². The molecule has 0 bridgehead atoms. The highest BCUT2D eigenvalue weighted by molar-refractivity contribution is 6.30. The fourth-order valence-corrected chi connectivity index (χ4v) is 1.34. The van der Waals surface area contributed by atoms with Gasteiger partial charge < -0.3 is 29.7 Å². The summed E-state index contributed by atoms with van der Waals surface area (Å²) < 4.78 is 25.0. The van der Waals surface area contributed by atoms with E-state index in [1.807, 2.05) is 13.8 Å². The molecular weight excluding hydrogens is 318 g/mol. The summed E-state index contributed by atoms with van der Waals surface area (Å²) in [6.45, 7) is 11.3. The Hall–Kier alpha value is -1.35. The van der Waals surface area contributed by atoms with Crippen LogP contribution in [-0.4, -0.2) is 45.3 Å². The minimum absolute atomic E-state index is 0.215. The van der Waals surface area contributed by atoms with E-state index < -0.39 is 24.3 Å². The molecule has 8 heteroatoms. The molecule has 0 aromatic heterocycles. The molecule has 1 rings (SSSR count). The first-order chi connectivity index (χ1) is 10.8. The second kappa shape index (κ2) is 9.22. The van der Waals surface area contributed by atoms with Crippen LogP contribution < -0.4 is 9.47 Å². The molecular formula is C16H28BFO6. The van der Waals surface area contributed by atoms with Gasteiger partial charge >= 0.3 is 7.32 Å². The zero-order valence-corrected chi connectivity index (χ0v) is 15.1. The standard InChI is InChI=1S/C16H25FO3.BH3O3/c1-11(2)10-19-14-8-7-12(9-13(14)17)20-16(5,6)15(3,4)18;2-1(3)4/h7-9,11,18H,10H2,1-6H3;2-4H. The average molecular weight is 346 g/mol. The molecule has 0 aliphatic heterocycles. The SMILES string of the molecule is CC(C)COc1ccc(OC(C)(C)C(C)(C)O)cc1F.OB(O)O. The third-order valence-corrected chi connectivity index (χ3v) is 3.32. The van der Waals surface area contributed by atoms with Crippen LogP contribution in [0.2, 0.25) is 0 Å². The maximum absolute atomic E-state index is 13.9. The Morgan fingerprint density at radius 1 is 1.12 bits per heavy atom. The van der Waals surface area contributed by atoms with E-state index in [0.717, 1.165) is 0 Å². The lowest BCUT2D eigenvalue weighted by atomic mass is 9.89. The predicted octanol–water partition coefficient (Wildman–Crippen LogP) is 1.74. The second-order valence-electron chi connectivity index (χ2n) is 6.81. The number of ether oxygens (including phenoxy) is 2. The fraction of sp³-hybridized carbons (Fsp3) is 0.625. The Kier molecular flexibility index (Phi) is 8.70. The van der Waals surface area contributed by atoms with Gasteiger partial charge in [-0.25, -0.2) is 4.39 Å². The molecule has 1 aromatic rings. The van der Waals surface area contributed by atoms with Crippen molar-refractivity contribution in [1.82, 2.24) is 0 Å². The quantitative estimate of drug-likeness (QED) is 0.586. The van der Waals surface area contributed by atoms with E-state index in [0.29, 0.717) is 18.3 Å². The Morgan fingerprint density at radius 2 is 1.62 bits per heavy atom. The summed E-state index contributed by atoms with van der Waals surface area (Å²) in [7, 11) is -2.17. The van der Waals surface area contributed by atoms with E-state index in [1.54, 1.807) is 39.8 Å². The van der Waals surface area contributed by atoms with Crippen molar-refractivity contribution >= 4 is 7.32 Å². The molecule has 0 aliphatic rings. The second-order valence-corrected chi connectivity index (χ2v) is 6.81. The van der Waals surface area contributed by atoms with Crippen LogP contribution >= 0.6 is 0 Å². The van der Waals surface area contributed by atoms with Gasteiger partial charge in [-0.1, -0.05) is 13.8 Å². The van der Waals surface area contributed by atoms with Crippen LogP contribution in [0.5, 0.6) is 11.5 Å². The first kappa shape index (κ1) is 22.7. The number of halogens is 1. The predicted molar refractivity (Wildman–Crippen MR) is 90.1 cm³/mol. The largest absolute Gasteiger partial charge is 0.631 e. The van der Waals surface area contributed by atoms with Crippen molar-refractivity contribution in [3.8, 4) is 11.5 Å². The van der Waals surface area contributed by atoms with Gasteiger partial charge in [0.25, 0.3) is 0 Å². The lowest BCUT2D eigenvalue weighted by Gasteiger charge is -2.37. The molecule has 0 saturated carbocycles. The maximum atomic E-state index is 13.9. The Morgan fingerprint density at radius 3 is 2.00 bits per heavy atom. The van der Waals surface area contributed by atoms with Crippen LogP contribution in [0, 0.1) is 11.7 Å². The van der Waals surface area contributed by atoms with Gasteiger partial charge in [0.15, 0.2) is 11.6 Å². The zero-order chi connectivity index (χ0) is 19.1. The molecule has 0 amide bonds. The molecule has 0 aliphatic carbocycles. The van der Waals surface area contributed by atoms with E-state index in [-0.39, 0.29) is 5.75 Å². The van der Waals surface area contributed by atoms with Crippen molar-refractivity contribution in [2.45, 2.75) is 52.7 Å². The minimum Gasteiger partial charge on any atom is -0.490 e. The van der Waals surface area contributed by atoms with Gasteiger partial charge in [-0.15, -0.1) is 0 Å². The van der Waals surface area contributed by atoms with Crippen molar-refractivity contribution in [2.75, 3.05) is 6.61 Å². The van der Waals surface area contributed by atoms with E-state index in [4.69, 9.17) is 24.5 Å². The van der Waals surface area contributed by atoms with Crippen molar-refractivity contribution in [3.05, 3.63) is 24.0 Å². The zero-order valence-electron chi connectivity index (χ0n) is 15.1. The summed E-state index contributed by atoms with van der Waals surface area (Å²) in [6, 6.07) is 4.48. The Bertz CT molecular complexity index is 497. The smallest absolute Gasteiger partial charge is 0.490 e. The molecule has 1 aromatic carbocycles. The van der Waals surface area contributed by atoms with Crippen molar-refractivity contribution in [2.24, 2.45) is 5.92 Å². The van der Waals surface area contributed by atoms with Crippen LogP contribution in [0.1, 0.15) is 41.5 Å². The summed E-state index contributed by atoms with van der Waals surface area (Å²) >= 11 is 0. The molecule has 0 unspecified atom stereocenters. The maximum Gasteiger partial charge on any atom is 0.631 e. The van der Waals surface area contributed by atoms with Crippen LogP contribution in [0.4, 0.5) is 4.39 Å². The highest BCUT2D eigenvalue weighted by atomic mass is 19.1. The average Bonchev–Trinajstić information content (AvgIpc) is 2.34. The van der Waals surface area contributed by atoms with Crippen LogP contribution in [0.25, 0.3) is 0 Å². The van der Waals surface area contributed by atoms with Gasteiger partial charge in [0.1, 0.15) is 11.4 Å². The minimum atomic E-state index is -2.17. The fourth-order valence-electron chi connectivity index (χ4n) is 1.34. The number of benzene rings is 1. The lowest BCUT2D eigenvalue weighted by Crippen LogP contribution is -2.49. The molecule has 0 radical (unpaired) electrons. The first-order valence-corrected chi connectivity index (χ1v) is 7.64. The normalized spacial score (nSPS) is 11.7. The molecule has 0 spiro atoms. The number of hydrogen-bond acceptors (Lipinski definition) is 6. The number of aliphatic hydroxyl groups is 1. The summed E-state index contributed by atoms with van der Waals surface area (Å²) in [5.41, 5.74) is -1.88. The molecule has 0 fully saturated rings. The Balaban J connectivity index is 0.00000118. The van der Waals surface area contributed by atoms with Gasteiger partial charge in [0.2, 0.25) is 0 Å². The molecule has 0 atom stereocenters. The third-order valence-electron chi connectivity index (χ3n) is 3.32. The first-order valence-electron chi connectivity index (χ1n) is 7.64. The summed E-state index contributed by atoms with van der Waals surface area (Å²) in [5.74, 6) is 0.452. The van der Waals surface area contributed by atoms with Gasteiger partial charge in [0.05, 0.1) is 12.2 Å². The molecule has 6 nitrogen and oxygen atoms in total. The third kappa shape index (κ3) is 8.49. The topological polar surface area (TPSA) is 99.4 Å². The highest BCUT2D eigenvalue weighted by Gasteiger charge is 2.37.